The number of carbonyl (C=O) groups excluding carboxylic acids is 1. The molecule has 1 heterocycles. The number of aryl methyl sites for hydroxylation is 1. The van der Waals surface area contributed by atoms with Crippen molar-refractivity contribution in [3.8, 4) is 0 Å². The molecule has 17 heavy (non-hydrogen) atoms. The first-order valence-electron chi connectivity index (χ1n) is 5.78. The largest absolute Gasteiger partial charge is 0.349 e. The first kappa shape index (κ1) is 14.5. The summed E-state index contributed by atoms with van der Waals surface area (Å²) in [4.78, 5) is 13.9. The highest BCUT2D eigenvalue weighted by molar-refractivity contribution is 7.13. The normalized spacial score (nSPS) is 23.9. The molecule has 0 unspecified atom stereocenters. The van der Waals surface area contributed by atoms with E-state index in [0.29, 0.717) is 12.1 Å². The van der Waals surface area contributed by atoms with Crippen molar-refractivity contribution < 1.29 is 4.79 Å². The van der Waals surface area contributed by atoms with E-state index in [1.165, 1.54) is 4.88 Å². The molecule has 0 saturated heterocycles. The number of nitrogens with two attached hydrogens (primary N) is 1. The van der Waals surface area contributed by atoms with E-state index in [0.717, 1.165) is 30.6 Å². The summed E-state index contributed by atoms with van der Waals surface area (Å²) in [5, 5.41) is 3.08. The Kier molecular flexibility index (Phi) is 5.43. The van der Waals surface area contributed by atoms with Gasteiger partial charge >= 0.3 is 0 Å². The molecule has 0 radical (unpaired) electrons. The molecule has 2 rings (SSSR count). The minimum Gasteiger partial charge on any atom is -0.349 e. The molecule has 1 aromatic rings. The summed E-state index contributed by atoms with van der Waals surface area (Å²) >= 11 is 1.55. The van der Waals surface area contributed by atoms with E-state index < -0.39 is 0 Å². The van der Waals surface area contributed by atoms with Gasteiger partial charge in [-0.2, -0.15) is 0 Å². The average Bonchev–Trinajstić information content (AvgIpc) is 2.68. The standard InChI is InChI=1S/C12H18N2OS.ClH/c1-8-2-7-11(16-8)12(15)14-10-5-3-9(13)4-6-10;/h2,7,9-10H,3-6,13H2,1H3,(H,14,15);1H. The fourth-order valence-corrected chi connectivity index (χ4v) is 2.85. The molecule has 1 aliphatic carbocycles. The molecule has 0 bridgehead atoms. The third-order valence-electron chi connectivity index (χ3n) is 3.07. The second kappa shape index (κ2) is 6.38. The molecule has 3 N–H and O–H groups in total. The fraction of sp³-hybridized carbons (Fsp3) is 0.583. The van der Waals surface area contributed by atoms with Crippen LogP contribution in [0.5, 0.6) is 0 Å². The Bertz CT molecular complexity index is 372. The summed E-state index contributed by atoms with van der Waals surface area (Å²) in [6, 6.07) is 4.52. The molecule has 0 aromatic carbocycles. The first-order chi connectivity index (χ1) is 7.65. The van der Waals surface area contributed by atoms with Crippen molar-refractivity contribution in [1.29, 1.82) is 0 Å². The van der Waals surface area contributed by atoms with Gasteiger partial charge in [-0.25, -0.2) is 0 Å². The van der Waals surface area contributed by atoms with Gasteiger partial charge in [-0.1, -0.05) is 0 Å². The maximum absolute atomic E-state index is 11.9. The summed E-state index contributed by atoms with van der Waals surface area (Å²) in [6.07, 6.45) is 4.07. The van der Waals surface area contributed by atoms with Crippen LogP contribution in [0.3, 0.4) is 0 Å². The van der Waals surface area contributed by atoms with Crippen LogP contribution in [0.25, 0.3) is 0 Å². The summed E-state index contributed by atoms with van der Waals surface area (Å²) < 4.78 is 0. The van der Waals surface area contributed by atoms with Crippen LogP contribution in [0, 0.1) is 6.92 Å². The van der Waals surface area contributed by atoms with Gasteiger partial charge in [-0.3, -0.25) is 4.79 Å². The van der Waals surface area contributed by atoms with Gasteiger partial charge in [0.2, 0.25) is 0 Å². The molecule has 1 amide bonds. The van der Waals surface area contributed by atoms with Crippen LogP contribution in [0.2, 0.25) is 0 Å². The Labute approximate surface area is 112 Å². The van der Waals surface area contributed by atoms with Gasteiger partial charge in [0.1, 0.15) is 0 Å². The van der Waals surface area contributed by atoms with E-state index in [1.54, 1.807) is 11.3 Å². The highest BCUT2D eigenvalue weighted by Gasteiger charge is 2.20. The Morgan fingerprint density at radius 2 is 2.00 bits per heavy atom. The molecule has 0 spiro atoms. The first-order valence-corrected chi connectivity index (χ1v) is 6.59. The highest BCUT2D eigenvalue weighted by atomic mass is 35.5. The molecule has 0 aliphatic heterocycles. The van der Waals surface area contributed by atoms with Crippen LogP contribution in [0.15, 0.2) is 12.1 Å². The molecular weight excluding hydrogens is 256 g/mol. The van der Waals surface area contributed by atoms with Crippen molar-refractivity contribution in [1.82, 2.24) is 5.32 Å². The molecular formula is C12H19ClN2OS. The van der Waals surface area contributed by atoms with Crippen molar-refractivity contribution in [2.75, 3.05) is 0 Å². The van der Waals surface area contributed by atoms with E-state index >= 15 is 0 Å². The van der Waals surface area contributed by atoms with E-state index in [1.807, 2.05) is 19.1 Å². The van der Waals surface area contributed by atoms with Gasteiger partial charge in [-0.15, -0.1) is 23.7 Å². The molecule has 3 nitrogen and oxygen atoms in total. The number of amides is 1. The van der Waals surface area contributed by atoms with E-state index in [9.17, 15) is 4.79 Å². The van der Waals surface area contributed by atoms with E-state index in [4.69, 9.17) is 5.73 Å². The maximum atomic E-state index is 11.9. The van der Waals surface area contributed by atoms with E-state index in [2.05, 4.69) is 5.32 Å². The minimum absolute atomic E-state index is 0. The Morgan fingerprint density at radius 1 is 1.35 bits per heavy atom. The lowest BCUT2D eigenvalue weighted by atomic mass is 9.92. The minimum atomic E-state index is 0. The van der Waals surface area contributed by atoms with Crippen LogP contribution in [-0.4, -0.2) is 18.0 Å². The molecule has 1 fully saturated rings. The lowest BCUT2D eigenvalue weighted by molar-refractivity contribution is 0.0930. The Hall–Kier alpha value is -0.580. The Balaban J connectivity index is 0.00000144. The van der Waals surface area contributed by atoms with Gasteiger partial charge in [0, 0.05) is 17.0 Å². The number of nitrogens with one attached hydrogen (secondary N) is 1. The number of thiophene rings is 1. The lowest BCUT2D eigenvalue weighted by Gasteiger charge is -2.26. The monoisotopic (exact) mass is 274 g/mol. The van der Waals surface area contributed by atoms with Gasteiger partial charge in [0.15, 0.2) is 0 Å². The molecule has 96 valence electrons. The number of halogens is 1. The van der Waals surface area contributed by atoms with Gasteiger partial charge < -0.3 is 11.1 Å². The SMILES string of the molecule is Cc1ccc(C(=O)NC2CCC(N)CC2)s1.Cl. The number of hydrogen-bond acceptors (Lipinski definition) is 3. The number of hydrogen-bond donors (Lipinski definition) is 2. The van der Waals surface area contributed by atoms with E-state index in [-0.39, 0.29) is 18.3 Å². The van der Waals surface area contributed by atoms with Crippen LogP contribution in [-0.2, 0) is 0 Å². The quantitative estimate of drug-likeness (QED) is 0.871. The zero-order valence-electron chi connectivity index (χ0n) is 9.94. The van der Waals surface area contributed by atoms with Crippen LogP contribution < -0.4 is 11.1 Å². The highest BCUT2D eigenvalue weighted by Crippen LogP contribution is 2.19. The zero-order valence-corrected chi connectivity index (χ0v) is 11.6. The van der Waals surface area contributed by atoms with Crippen molar-refractivity contribution in [2.45, 2.75) is 44.7 Å². The number of carbonyl (C=O) groups is 1. The smallest absolute Gasteiger partial charge is 0.261 e. The third kappa shape index (κ3) is 3.98. The number of rotatable bonds is 2. The molecule has 1 aliphatic rings. The zero-order chi connectivity index (χ0) is 11.5. The predicted molar refractivity (Wildman–Crippen MR) is 74.0 cm³/mol. The van der Waals surface area contributed by atoms with Crippen LogP contribution in [0.1, 0.15) is 40.2 Å². The predicted octanol–water partition coefficient (Wildman–Crippen LogP) is 2.48. The molecule has 1 aromatic heterocycles. The third-order valence-corrected chi connectivity index (χ3v) is 4.07. The molecule has 1 saturated carbocycles. The van der Waals surface area contributed by atoms with Crippen molar-refractivity contribution >= 4 is 29.7 Å². The van der Waals surface area contributed by atoms with Crippen LogP contribution in [0.4, 0.5) is 0 Å². The van der Waals surface area contributed by atoms with Gasteiger partial charge in [0.25, 0.3) is 5.91 Å². The second-order valence-corrected chi connectivity index (χ2v) is 5.78. The molecule has 5 heteroatoms. The Morgan fingerprint density at radius 3 is 2.53 bits per heavy atom. The average molecular weight is 275 g/mol. The topological polar surface area (TPSA) is 55.1 Å². The fourth-order valence-electron chi connectivity index (χ4n) is 2.08. The van der Waals surface area contributed by atoms with Gasteiger partial charge in [-0.05, 0) is 44.7 Å². The summed E-state index contributed by atoms with van der Waals surface area (Å²) in [5.41, 5.74) is 5.83. The summed E-state index contributed by atoms with van der Waals surface area (Å²) in [5.74, 6) is 0.0681. The lowest BCUT2D eigenvalue weighted by Crippen LogP contribution is -2.40. The van der Waals surface area contributed by atoms with Crippen LogP contribution >= 0.6 is 23.7 Å². The van der Waals surface area contributed by atoms with Crippen molar-refractivity contribution in [2.24, 2.45) is 5.73 Å². The molecule has 0 atom stereocenters. The summed E-state index contributed by atoms with van der Waals surface area (Å²) in [6.45, 7) is 2.01. The maximum Gasteiger partial charge on any atom is 0.261 e. The summed E-state index contributed by atoms with van der Waals surface area (Å²) in [7, 11) is 0. The van der Waals surface area contributed by atoms with Crippen molar-refractivity contribution in [3.63, 3.8) is 0 Å². The van der Waals surface area contributed by atoms with Gasteiger partial charge in [0.05, 0.1) is 4.88 Å². The second-order valence-electron chi connectivity index (χ2n) is 4.50. The van der Waals surface area contributed by atoms with Crippen molar-refractivity contribution in [3.05, 3.63) is 21.9 Å².